The quantitative estimate of drug-likeness (QED) is 0.896. The predicted molar refractivity (Wildman–Crippen MR) is 86.8 cm³/mol. The maximum Gasteiger partial charge on any atom is 0.307 e. The molecule has 1 saturated heterocycles. The summed E-state index contributed by atoms with van der Waals surface area (Å²) < 4.78 is 13.1. The van der Waals surface area contributed by atoms with Gasteiger partial charge >= 0.3 is 5.97 Å². The van der Waals surface area contributed by atoms with E-state index in [1.165, 1.54) is 12.1 Å². The highest BCUT2D eigenvalue weighted by atomic mass is 19.1. The number of carbonyl (C=O) groups excluding carboxylic acids is 1. The lowest BCUT2D eigenvalue weighted by Gasteiger charge is -2.39. The zero-order valence-corrected chi connectivity index (χ0v) is 13.8. The van der Waals surface area contributed by atoms with Crippen molar-refractivity contribution in [2.24, 2.45) is 11.8 Å². The molecule has 130 valence electrons. The molecule has 3 atom stereocenters. The summed E-state index contributed by atoms with van der Waals surface area (Å²) in [5.41, 5.74) is 1.09. The number of hydrogen-bond acceptors (Lipinski definition) is 3. The normalized spacial score (nSPS) is 25.3. The number of piperazine rings is 1. The molecule has 0 spiro atoms. The average Bonchev–Trinajstić information content (AvgIpc) is 3.38. The zero-order chi connectivity index (χ0) is 17.3. The Labute approximate surface area is 141 Å². The highest BCUT2D eigenvalue weighted by molar-refractivity contribution is 5.89. The number of carboxylic acids is 1. The number of benzene rings is 1. The molecule has 1 amide bonds. The number of halogens is 1. The molecule has 1 aliphatic carbocycles. The highest BCUT2D eigenvalue weighted by Gasteiger charge is 2.50. The largest absolute Gasteiger partial charge is 0.481 e. The van der Waals surface area contributed by atoms with E-state index in [2.05, 4.69) is 11.8 Å². The summed E-state index contributed by atoms with van der Waals surface area (Å²) in [4.78, 5) is 27.4. The summed E-state index contributed by atoms with van der Waals surface area (Å²) in [6.45, 7) is 4.87. The molecule has 1 saturated carbocycles. The number of carboxylic acid groups (broad SMARTS) is 1. The predicted octanol–water partition coefficient (Wildman–Crippen LogP) is 2.14. The van der Waals surface area contributed by atoms with Crippen LogP contribution in [-0.4, -0.2) is 53.0 Å². The number of hydrogen-bond donors (Lipinski definition) is 1. The minimum atomic E-state index is -0.866. The number of aliphatic carboxylic acids is 1. The van der Waals surface area contributed by atoms with Crippen LogP contribution >= 0.6 is 0 Å². The lowest BCUT2D eigenvalue weighted by molar-refractivity contribution is -0.142. The van der Waals surface area contributed by atoms with Crippen molar-refractivity contribution in [3.8, 4) is 0 Å². The maximum absolute atomic E-state index is 13.1. The molecule has 1 aromatic rings. The summed E-state index contributed by atoms with van der Waals surface area (Å²) >= 11 is 0. The van der Waals surface area contributed by atoms with Crippen molar-refractivity contribution in [3.63, 3.8) is 0 Å². The van der Waals surface area contributed by atoms with E-state index < -0.39 is 11.9 Å². The van der Waals surface area contributed by atoms with Gasteiger partial charge < -0.3 is 10.0 Å². The van der Waals surface area contributed by atoms with E-state index in [0.717, 1.165) is 25.1 Å². The third-order valence-electron chi connectivity index (χ3n) is 5.13. The molecule has 1 aliphatic heterocycles. The smallest absolute Gasteiger partial charge is 0.307 e. The van der Waals surface area contributed by atoms with Crippen molar-refractivity contribution < 1.29 is 19.1 Å². The zero-order valence-electron chi connectivity index (χ0n) is 13.8. The van der Waals surface area contributed by atoms with Crippen LogP contribution < -0.4 is 0 Å². The van der Waals surface area contributed by atoms with Gasteiger partial charge in [0, 0.05) is 32.2 Å². The molecule has 2 aliphatic rings. The Morgan fingerprint density at radius 3 is 2.29 bits per heavy atom. The minimum absolute atomic E-state index is 0.0168. The van der Waals surface area contributed by atoms with Crippen LogP contribution in [0.25, 0.3) is 0 Å². The third kappa shape index (κ3) is 3.43. The maximum atomic E-state index is 13.1. The highest BCUT2D eigenvalue weighted by Crippen LogP contribution is 2.40. The van der Waals surface area contributed by atoms with Crippen LogP contribution in [0.15, 0.2) is 24.3 Å². The van der Waals surface area contributed by atoms with Crippen molar-refractivity contribution in [3.05, 3.63) is 35.6 Å². The van der Waals surface area contributed by atoms with Crippen LogP contribution in [0, 0.1) is 17.7 Å². The average molecular weight is 334 g/mol. The fourth-order valence-corrected chi connectivity index (χ4v) is 3.62. The monoisotopic (exact) mass is 334 g/mol. The van der Waals surface area contributed by atoms with E-state index in [1.807, 2.05) is 12.1 Å². The van der Waals surface area contributed by atoms with Gasteiger partial charge in [-0.3, -0.25) is 14.5 Å². The summed E-state index contributed by atoms with van der Waals surface area (Å²) in [6.07, 6.45) is 1.39. The van der Waals surface area contributed by atoms with Gasteiger partial charge in [-0.1, -0.05) is 19.1 Å². The van der Waals surface area contributed by atoms with Crippen LogP contribution in [0.5, 0.6) is 0 Å². The first-order chi connectivity index (χ1) is 11.5. The van der Waals surface area contributed by atoms with Gasteiger partial charge in [-0.05, 0) is 30.5 Å². The van der Waals surface area contributed by atoms with E-state index in [4.69, 9.17) is 5.11 Å². The van der Waals surface area contributed by atoms with Crippen LogP contribution in [0.2, 0.25) is 0 Å². The van der Waals surface area contributed by atoms with Gasteiger partial charge in [0.1, 0.15) is 5.82 Å². The van der Waals surface area contributed by atoms with Gasteiger partial charge in [0.2, 0.25) is 5.91 Å². The number of carbonyl (C=O) groups is 2. The van der Waals surface area contributed by atoms with Crippen molar-refractivity contribution >= 4 is 11.9 Å². The molecule has 0 radical (unpaired) electrons. The summed E-state index contributed by atoms with van der Waals surface area (Å²) in [6, 6.07) is 6.83. The molecule has 1 unspecified atom stereocenters. The Morgan fingerprint density at radius 2 is 1.79 bits per heavy atom. The summed E-state index contributed by atoms with van der Waals surface area (Å²) in [5.74, 6) is -1.93. The topological polar surface area (TPSA) is 60.9 Å². The number of rotatable bonds is 5. The first kappa shape index (κ1) is 16.9. The van der Waals surface area contributed by atoms with Gasteiger partial charge in [0.05, 0.1) is 11.8 Å². The van der Waals surface area contributed by atoms with Gasteiger partial charge in [0.15, 0.2) is 0 Å². The van der Waals surface area contributed by atoms with E-state index in [-0.39, 0.29) is 23.7 Å². The minimum Gasteiger partial charge on any atom is -0.481 e. The second-order valence-electron chi connectivity index (χ2n) is 6.62. The molecule has 1 N–H and O–H groups in total. The van der Waals surface area contributed by atoms with Crippen LogP contribution in [0.4, 0.5) is 4.39 Å². The second-order valence-corrected chi connectivity index (χ2v) is 6.62. The molecule has 1 aromatic carbocycles. The number of nitrogens with zero attached hydrogens (tertiary/aromatic N) is 2. The Kier molecular flexibility index (Phi) is 4.85. The Hall–Kier alpha value is -1.95. The summed E-state index contributed by atoms with van der Waals surface area (Å²) in [7, 11) is 0. The fraction of sp³-hybridized carbons (Fsp3) is 0.556. The molecular formula is C18H23FN2O3. The van der Waals surface area contributed by atoms with Crippen LogP contribution in [0.3, 0.4) is 0 Å². The van der Waals surface area contributed by atoms with E-state index in [9.17, 15) is 14.0 Å². The van der Waals surface area contributed by atoms with E-state index in [0.29, 0.717) is 19.5 Å². The summed E-state index contributed by atoms with van der Waals surface area (Å²) in [5, 5.41) is 8.96. The van der Waals surface area contributed by atoms with Crippen molar-refractivity contribution in [1.82, 2.24) is 9.80 Å². The van der Waals surface area contributed by atoms with E-state index >= 15 is 0 Å². The van der Waals surface area contributed by atoms with Crippen molar-refractivity contribution in [2.45, 2.75) is 25.8 Å². The standard InChI is InChI=1S/C18H23FN2O3/c1-2-16(12-3-5-13(19)6-4-12)20-7-9-21(10-8-20)17(22)14-11-15(14)18(23)24/h3-6,14-16H,2,7-11H2,1H3,(H,23,24)/t14-,15-,16?/m1/s1. The Morgan fingerprint density at radius 1 is 1.17 bits per heavy atom. The molecule has 24 heavy (non-hydrogen) atoms. The molecule has 0 aromatic heterocycles. The molecule has 6 heteroatoms. The molecule has 3 rings (SSSR count). The molecular weight excluding hydrogens is 311 g/mol. The van der Waals surface area contributed by atoms with Gasteiger partial charge in [-0.15, -0.1) is 0 Å². The van der Waals surface area contributed by atoms with Crippen molar-refractivity contribution in [2.75, 3.05) is 26.2 Å². The van der Waals surface area contributed by atoms with Gasteiger partial charge in [-0.25, -0.2) is 4.39 Å². The molecule has 0 bridgehead atoms. The molecule has 5 nitrogen and oxygen atoms in total. The third-order valence-corrected chi connectivity index (χ3v) is 5.13. The molecule has 2 fully saturated rings. The second kappa shape index (κ2) is 6.89. The van der Waals surface area contributed by atoms with Gasteiger partial charge in [-0.2, -0.15) is 0 Å². The Bertz CT molecular complexity index is 611. The van der Waals surface area contributed by atoms with Crippen molar-refractivity contribution in [1.29, 1.82) is 0 Å². The SMILES string of the molecule is CCC(c1ccc(F)cc1)N1CCN(C(=O)[C@@H]2C[C@H]2C(=O)O)CC1. The Balaban J connectivity index is 1.57. The first-order valence-corrected chi connectivity index (χ1v) is 8.52. The lowest BCUT2D eigenvalue weighted by atomic mass is 10.0. The van der Waals surface area contributed by atoms with Crippen LogP contribution in [0.1, 0.15) is 31.4 Å². The fourth-order valence-electron chi connectivity index (χ4n) is 3.62. The number of amides is 1. The molecule has 1 heterocycles. The lowest BCUT2D eigenvalue weighted by Crippen LogP contribution is -2.50. The first-order valence-electron chi connectivity index (χ1n) is 8.52. The van der Waals surface area contributed by atoms with Crippen LogP contribution in [-0.2, 0) is 9.59 Å². The van der Waals surface area contributed by atoms with Gasteiger partial charge in [0.25, 0.3) is 0 Å². The van der Waals surface area contributed by atoms with E-state index in [1.54, 1.807) is 4.90 Å².